The second kappa shape index (κ2) is 6.73. The Kier molecular flexibility index (Phi) is 4.71. The minimum atomic E-state index is -0.171. The van der Waals surface area contributed by atoms with Crippen molar-refractivity contribution in [3.8, 4) is 0 Å². The molecule has 4 nitrogen and oxygen atoms in total. The lowest BCUT2D eigenvalue weighted by Gasteiger charge is -2.09. The molecule has 0 unspecified atom stereocenters. The van der Waals surface area contributed by atoms with Crippen molar-refractivity contribution in [3.05, 3.63) is 45.1 Å². The Labute approximate surface area is 141 Å². The molecule has 1 aliphatic heterocycles. The van der Waals surface area contributed by atoms with E-state index in [0.29, 0.717) is 28.6 Å². The summed E-state index contributed by atoms with van der Waals surface area (Å²) in [5.74, 6) is 0.566. The number of thioether (sulfide) groups is 1. The van der Waals surface area contributed by atoms with Crippen LogP contribution in [0.4, 0.5) is 5.69 Å². The number of halogens is 1. The zero-order valence-corrected chi connectivity index (χ0v) is 13.9. The molecule has 0 aliphatic carbocycles. The monoisotopic (exact) mass is 352 g/mol. The number of rotatable bonds is 3. The average Bonchev–Trinajstić information content (AvgIpc) is 2.82. The molecular weight excluding hydrogens is 340 g/mol. The topological polar surface area (TPSA) is 58.2 Å². The molecule has 0 saturated heterocycles. The summed E-state index contributed by atoms with van der Waals surface area (Å²) in [6.07, 6.45) is 0.486. The summed E-state index contributed by atoms with van der Waals surface area (Å²) >= 11 is 8.92. The van der Waals surface area contributed by atoms with E-state index < -0.39 is 0 Å². The Morgan fingerprint density at radius 3 is 2.95 bits per heavy atom. The van der Waals surface area contributed by atoms with Crippen LogP contribution in [0.3, 0.4) is 0 Å². The van der Waals surface area contributed by atoms with Crippen LogP contribution in [0, 0.1) is 0 Å². The molecule has 2 amide bonds. The highest BCUT2D eigenvalue weighted by Gasteiger charge is 2.15. The fourth-order valence-electron chi connectivity index (χ4n) is 2.08. The lowest BCUT2D eigenvalue weighted by molar-refractivity contribution is -0.115. The molecule has 2 N–H and O–H groups in total. The van der Waals surface area contributed by atoms with Gasteiger partial charge in [-0.1, -0.05) is 11.6 Å². The Hall–Kier alpha value is -1.50. The number of carbonyl (C=O) groups is 2. The van der Waals surface area contributed by atoms with Crippen molar-refractivity contribution < 1.29 is 9.59 Å². The summed E-state index contributed by atoms with van der Waals surface area (Å²) in [6, 6.07) is 9.08. The maximum Gasteiger partial charge on any atom is 0.251 e. The third-order valence-electron chi connectivity index (χ3n) is 3.15. The first-order valence-corrected chi connectivity index (χ1v) is 8.89. The molecule has 0 fully saturated rings. The van der Waals surface area contributed by atoms with E-state index in [1.165, 1.54) is 11.3 Å². The highest BCUT2D eigenvalue weighted by Crippen LogP contribution is 2.31. The van der Waals surface area contributed by atoms with Crippen molar-refractivity contribution in [1.82, 2.24) is 5.32 Å². The Morgan fingerprint density at radius 2 is 2.18 bits per heavy atom. The van der Waals surface area contributed by atoms with Crippen molar-refractivity contribution in [2.24, 2.45) is 0 Å². The lowest BCUT2D eigenvalue weighted by Crippen LogP contribution is -2.22. The predicted molar refractivity (Wildman–Crippen MR) is 90.9 cm³/mol. The molecule has 7 heteroatoms. The van der Waals surface area contributed by atoms with Crippen molar-refractivity contribution in [1.29, 1.82) is 0 Å². The van der Waals surface area contributed by atoms with Gasteiger partial charge in [0.15, 0.2) is 0 Å². The summed E-state index contributed by atoms with van der Waals surface area (Å²) < 4.78 is 0.703. The van der Waals surface area contributed by atoms with E-state index >= 15 is 0 Å². The number of benzene rings is 1. The molecule has 0 saturated carbocycles. The van der Waals surface area contributed by atoms with Crippen molar-refractivity contribution in [2.45, 2.75) is 17.9 Å². The highest BCUT2D eigenvalue weighted by molar-refractivity contribution is 7.99. The molecule has 0 radical (unpaired) electrons. The van der Waals surface area contributed by atoms with Crippen molar-refractivity contribution >= 4 is 52.2 Å². The standard InChI is InChI=1S/C15H13ClN2O2S2/c16-13-4-2-10(22-13)8-17-15(20)9-1-3-12-11(7-9)18-14(19)5-6-21-12/h1-4,7H,5-6,8H2,(H,17,20)(H,18,19). The van der Waals surface area contributed by atoms with Gasteiger partial charge in [-0.05, 0) is 30.3 Å². The Morgan fingerprint density at radius 1 is 1.32 bits per heavy atom. The van der Waals surface area contributed by atoms with Gasteiger partial charge in [-0.2, -0.15) is 0 Å². The second-order valence-corrected chi connectivity index (χ2v) is 7.68. The van der Waals surface area contributed by atoms with Crippen molar-refractivity contribution in [3.63, 3.8) is 0 Å². The van der Waals surface area contributed by atoms with E-state index in [1.807, 2.05) is 18.2 Å². The van der Waals surface area contributed by atoms with E-state index in [1.54, 1.807) is 23.9 Å². The van der Waals surface area contributed by atoms with Crippen LogP contribution in [0.15, 0.2) is 35.2 Å². The normalized spacial score (nSPS) is 14.0. The Balaban J connectivity index is 1.71. The lowest BCUT2D eigenvalue weighted by atomic mass is 10.2. The number of hydrogen-bond acceptors (Lipinski definition) is 4. The van der Waals surface area contributed by atoms with Gasteiger partial charge in [0.2, 0.25) is 5.91 Å². The van der Waals surface area contributed by atoms with E-state index in [9.17, 15) is 9.59 Å². The predicted octanol–water partition coefficient (Wildman–Crippen LogP) is 3.77. The molecule has 0 spiro atoms. The van der Waals surface area contributed by atoms with E-state index in [4.69, 9.17) is 11.6 Å². The van der Waals surface area contributed by atoms with Crippen LogP contribution in [0.5, 0.6) is 0 Å². The zero-order valence-electron chi connectivity index (χ0n) is 11.5. The smallest absolute Gasteiger partial charge is 0.251 e. The summed E-state index contributed by atoms with van der Waals surface area (Å²) in [4.78, 5) is 25.8. The summed E-state index contributed by atoms with van der Waals surface area (Å²) in [5.41, 5.74) is 1.24. The maximum atomic E-state index is 12.2. The largest absolute Gasteiger partial charge is 0.347 e. The van der Waals surface area contributed by atoms with Crippen LogP contribution in [0.25, 0.3) is 0 Å². The number of hydrogen-bond donors (Lipinski definition) is 2. The van der Waals surface area contributed by atoms with E-state index in [-0.39, 0.29) is 11.8 Å². The molecule has 22 heavy (non-hydrogen) atoms. The minimum Gasteiger partial charge on any atom is -0.347 e. The van der Waals surface area contributed by atoms with Gasteiger partial charge in [-0.3, -0.25) is 9.59 Å². The van der Waals surface area contributed by atoms with Crippen LogP contribution < -0.4 is 10.6 Å². The first-order chi connectivity index (χ1) is 10.6. The van der Waals surface area contributed by atoms with Gasteiger partial charge in [0.1, 0.15) is 0 Å². The average molecular weight is 353 g/mol. The highest BCUT2D eigenvalue weighted by atomic mass is 35.5. The number of carbonyl (C=O) groups excluding carboxylic acids is 2. The first kappa shape index (κ1) is 15.4. The van der Waals surface area contributed by atoms with Crippen LogP contribution in [-0.2, 0) is 11.3 Å². The summed E-state index contributed by atoms with van der Waals surface area (Å²) in [5, 5.41) is 5.70. The van der Waals surface area contributed by atoms with E-state index in [0.717, 1.165) is 15.5 Å². The van der Waals surface area contributed by atoms with Crippen molar-refractivity contribution in [2.75, 3.05) is 11.1 Å². The minimum absolute atomic E-state index is 0.0166. The van der Waals surface area contributed by atoms with Gasteiger partial charge in [0.05, 0.1) is 16.6 Å². The second-order valence-electron chi connectivity index (χ2n) is 4.75. The molecule has 2 aromatic rings. The molecule has 1 aromatic heterocycles. The first-order valence-electron chi connectivity index (χ1n) is 6.71. The molecule has 114 valence electrons. The van der Waals surface area contributed by atoms with Crippen LogP contribution in [0.2, 0.25) is 4.34 Å². The van der Waals surface area contributed by atoms with Gasteiger partial charge in [-0.15, -0.1) is 23.1 Å². The SMILES string of the molecule is O=C1CCSc2ccc(C(=O)NCc3ccc(Cl)s3)cc2N1. The van der Waals surface area contributed by atoms with E-state index in [2.05, 4.69) is 10.6 Å². The quantitative estimate of drug-likeness (QED) is 0.884. The van der Waals surface area contributed by atoms with Gasteiger partial charge >= 0.3 is 0 Å². The molecule has 3 rings (SSSR count). The third-order valence-corrected chi connectivity index (χ3v) is 5.46. The number of nitrogens with one attached hydrogen (secondary N) is 2. The zero-order chi connectivity index (χ0) is 15.5. The number of thiophene rings is 1. The molecule has 0 atom stereocenters. The summed E-state index contributed by atoms with van der Waals surface area (Å²) in [7, 11) is 0. The number of amides is 2. The fraction of sp³-hybridized carbons (Fsp3) is 0.200. The molecule has 2 heterocycles. The number of anilines is 1. The Bertz CT molecular complexity index is 730. The summed E-state index contributed by atoms with van der Waals surface area (Å²) in [6.45, 7) is 0.439. The molecule has 1 aromatic carbocycles. The van der Waals surface area contributed by atoms with Crippen LogP contribution in [-0.4, -0.2) is 17.6 Å². The fourth-order valence-corrected chi connectivity index (χ4v) is 4.04. The maximum absolute atomic E-state index is 12.2. The third kappa shape index (κ3) is 3.63. The molecule has 0 bridgehead atoms. The van der Waals surface area contributed by atoms with Gasteiger partial charge in [0.25, 0.3) is 5.91 Å². The molecular formula is C15H13ClN2O2S2. The van der Waals surface area contributed by atoms with Crippen LogP contribution >= 0.6 is 34.7 Å². The van der Waals surface area contributed by atoms with Gasteiger partial charge in [0, 0.05) is 27.5 Å². The van der Waals surface area contributed by atoms with Crippen LogP contribution in [0.1, 0.15) is 21.7 Å². The van der Waals surface area contributed by atoms with Gasteiger partial charge < -0.3 is 10.6 Å². The number of fused-ring (bicyclic) bond motifs is 1. The molecule has 1 aliphatic rings. The van der Waals surface area contributed by atoms with Gasteiger partial charge in [-0.25, -0.2) is 0 Å².